The van der Waals surface area contributed by atoms with E-state index in [2.05, 4.69) is 0 Å². The molecule has 1 aliphatic heterocycles. The van der Waals surface area contributed by atoms with Crippen molar-refractivity contribution in [3.05, 3.63) is 35.6 Å². The first-order valence-corrected chi connectivity index (χ1v) is 4.50. The van der Waals surface area contributed by atoms with E-state index >= 15 is 0 Å². The number of benzene rings is 1. The van der Waals surface area contributed by atoms with Crippen LogP contribution in [0.5, 0.6) is 0 Å². The van der Waals surface area contributed by atoms with Gasteiger partial charge in [0.15, 0.2) is 6.29 Å². The normalized spacial score (nSPS) is 27.6. The Labute approximate surface area is 81.6 Å². The van der Waals surface area contributed by atoms with Crippen molar-refractivity contribution in [2.24, 2.45) is 5.73 Å². The van der Waals surface area contributed by atoms with E-state index in [1.165, 1.54) is 6.07 Å². The Morgan fingerprint density at radius 2 is 1.86 bits per heavy atom. The van der Waals surface area contributed by atoms with Crippen LogP contribution >= 0.6 is 0 Å². The molecule has 0 aromatic heterocycles. The molecular weight excluding hydrogens is 185 g/mol. The van der Waals surface area contributed by atoms with E-state index in [1.807, 2.05) is 0 Å². The molecule has 0 aliphatic carbocycles. The molecule has 14 heavy (non-hydrogen) atoms. The molecule has 1 aromatic carbocycles. The van der Waals surface area contributed by atoms with Crippen molar-refractivity contribution in [3.63, 3.8) is 0 Å². The first-order valence-electron chi connectivity index (χ1n) is 4.50. The number of nitrogens with two attached hydrogens (primary N) is 1. The predicted octanol–water partition coefficient (Wildman–Crippen LogP) is 1.20. The number of ether oxygens (including phenoxy) is 2. The lowest BCUT2D eigenvalue weighted by Gasteiger charge is -2.27. The number of halogens is 1. The Morgan fingerprint density at radius 3 is 2.50 bits per heavy atom. The topological polar surface area (TPSA) is 44.5 Å². The Hall–Kier alpha value is -0.970. The summed E-state index contributed by atoms with van der Waals surface area (Å²) in [5, 5.41) is 0. The summed E-state index contributed by atoms with van der Waals surface area (Å²) < 4.78 is 23.8. The predicted molar refractivity (Wildman–Crippen MR) is 49.0 cm³/mol. The molecule has 0 saturated carbocycles. The second-order valence-electron chi connectivity index (χ2n) is 3.28. The maximum absolute atomic E-state index is 13.3. The van der Waals surface area contributed by atoms with Crippen LogP contribution in [0.15, 0.2) is 24.3 Å². The van der Waals surface area contributed by atoms with Crippen LogP contribution in [0.1, 0.15) is 11.9 Å². The summed E-state index contributed by atoms with van der Waals surface area (Å²) in [5.74, 6) is -0.312. The van der Waals surface area contributed by atoms with Gasteiger partial charge in [0, 0.05) is 5.56 Å². The fourth-order valence-electron chi connectivity index (χ4n) is 1.36. The van der Waals surface area contributed by atoms with Gasteiger partial charge in [0.05, 0.1) is 19.3 Å². The van der Waals surface area contributed by atoms with E-state index < -0.39 is 6.29 Å². The average Bonchev–Trinajstić information content (AvgIpc) is 2.20. The van der Waals surface area contributed by atoms with Crippen LogP contribution in [0.2, 0.25) is 0 Å². The summed E-state index contributed by atoms with van der Waals surface area (Å²) >= 11 is 0. The zero-order chi connectivity index (χ0) is 9.97. The van der Waals surface area contributed by atoms with Crippen LogP contribution in [-0.4, -0.2) is 19.3 Å². The summed E-state index contributed by atoms with van der Waals surface area (Å²) in [6.07, 6.45) is -0.615. The molecule has 1 heterocycles. The highest BCUT2D eigenvalue weighted by Gasteiger charge is 2.23. The Bertz CT molecular complexity index is 311. The molecular formula is C10H12FNO2. The maximum atomic E-state index is 13.3. The first kappa shape index (κ1) is 9.58. The van der Waals surface area contributed by atoms with Gasteiger partial charge in [-0.2, -0.15) is 0 Å². The summed E-state index contributed by atoms with van der Waals surface area (Å²) in [7, 11) is 0. The second kappa shape index (κ2) is 4.04. The van der Waals surface area contributed by atoms with Crippen LogP contribution in [-0.2, 0) is 9.47 Å². The quantitative estimate of drug-likeness (QED) is 0.735. The smallest absolute Gasteiger partial charge is 0.186 e. The minimum Gasteiger partial charge on any atom is -0.347 e. The molecule has 0 spiro atoms. The van der Waals surface area contributed by atoms with E-state index in [0.29, 0.717) is 18.8 Å². The van der Waals surface area contributed by atoms with Crippen LogP contribution in [0.25, 0.3) is 0 Å². The van der Waals surface area contributed by atoms with Gasteiger partial charge in [-0.15, -0.1) is 0 Å². The molecule has 1 fully saturated rings. The molecule has 1 aliphatic rings. The summed E-state index contributed by atoms with van der Waals surface area (Å²) in [6, 6.07) is 6.30. The van der Waals surface area contributed by atoms with E-state index in [1.54, 1.807) is 18.2 Å². The SMILES string of the molecule is NC1COC(c2ccccc2F)OC1. The van der Waals surface area contributed by atoms with Gasteiger partial charge >= 0.3 is 0 Å². The molecule has 0 bridgehead atoms. The molecule has 2 N–H and O–H groups in total. The molecule has 3 nitrogen and oxygen atoms in total. The van der Waals surface area contributed by atoms with E-state index in [9.17, 15) is 4.39 Å². The molecule has 0 amide bonds. The highest BCUT2D eigenvalue weighted by atomic mass is 19.1. The number of rotatable bonds is 1. The fourth-order valence-corrected chi connectivity index (χ4v) is 1.36. The molecule has 2 rings (SSSR count). The number of hydrogen-bond donors (Lipinski definition) is 1. The van der Waals surface area contributed by atoms with E-state index in [-0.39, 0.29) is 11.9 Å². The Balaban J connectivity index is 2.12. The third kappa shape index (κ3) is 1.92. The summed E-state index contributed by atoms with van der Waals surface area (Å²) in [5.41, 5.74) is 6.00. The zero-order valence-corrected chi connectivity index (χ0v) is 7.65. The lowest BCUT2D eigenvalue weighted by atomic mass is 10.2. The summed E-state index contributed by atoms with van der Waals surface area (Å²) in [6.45, 7) is 0.804. The van der Waals surface area contributed by atoms with Gasteiger partial charge in [-0.1, -0.05) is 18.2 Å². The first-order chi connectivity index (χ1) is 6.77. The van der Waals surface area contributed by atoms with Gasteiger partial charge in [-0.05, 0) is 6.07 Å². The molecule has 1 saturated heterocycles. The third-order valence-corrected chi connectivity index (χ3v) is 2.08. The van der Waals surface area contributed by atoms with Gasteiger partial charge < -0.3 is 15.2 Å². The monoisotopic (exact) mass is 197 g/mol. The standard InChI is InChI=1S/C10H12FNO2/c11-9-4-2-1-3-8(9)10-13-5-7(12)6-14-10/h1-4,7,10H,5-6,12H2. The lowest BCUT2D eigenvalue weighted by molar-refractivity contribution is -0.191. The average molecular weight is 197 g/mol. The highest BCUT2D eigenvalue weighted by Crippen LogP contribution is 2.24. The van der Waals surface area contributed by atoms with Crippen LogP contribution in [0, 0.1) is 5.82 Å². The minimum absolute atomic E-state index is 0.113. The molecule has 4 heteroatoms. The molecule has 0 radical (unpaired) electrons. The zero-order valence-electron chi connectivity index (χ0n) is 7.65. The van der Waals surface area contributed by atoms with Crippen molar-refractivity contribution in [3.8, 4) is 0 Å². The lowest BCUT2D eigenvalue weighted by Crippen LogP contribution is -2.38. The highest BCUT2D eigenvalue weighted by molar-refractivity contribution is 5.18. The van der Waals surface area contributed by atoms with Crippen molar-refractivity contribution in [2.75, 3.05) is 13.2 Å². The fraction of sp³-hybridized carbons (Fsp3) is 0.400. The molecule has 0 atom stereocenters. The maximum Gasteiger partial charge on any atom is 0.186 e. The van der Waals surface area contributed by atoms with Crippen molar-refractivity contribution in [1.82, 2.24) is 0 Å². The van der Waals surface area contributed by atoms with Gasteiger partial charge in [0.25, 0.3) is 0 Å². The third-order valence-electron chi connectivity index (χ3n) is 2.08. The van der Waals surface area contributed by atoms with Crippen LogP contribution < -0.4 is 5.73 Å². The van der Waals surface area contributed by atoms with Crippen molar-refractivity contribution in [2.45, 2.75) is 12.3 Å². The van der Waals surface area contributed by atoms with Gasteiger partial charge in [-0.25, -0.2) is 4.39 Å². The van der Waals surface area contributed by atoms with Crippen LogP contribution in [0.3, 0.4) is 0 Å². The van der Waals surface area contributed by atoms with Gasteiger partial charge in [-0.3, -0.25) is 0 Å². The molecule has 1 aromatic rings. The van der Waals surface area contributed by atoms with Crippen molar-refractivity contribution >= 4 is 0 Å². The minimum atomic E-state index is -0.615. The van der Waals surface area contributed by atoms with E-state index in [4.69, 9.17) is 15.2 Å². The molecule has 76 valence electrons. The van der Waals surface area contributed by atoms with E-state index in [0.717, 1.165) is 0 Å². The summed E-state index contributed by atoms with van der Waals surface area (Å²) in [4.78, 5) is 0. The number of hydrogen-bond acceptors (Lipinski definition) is 3. The second-order valence-corrected chi connectivity index (χ2v) is 3.28. The Morgan fingerprint density at radius 1 is 1.21 bits per heavy atom. The largest absolute Gasteiger partial charge is 0.347 e. The molecule has 0 unspecified atom stereocenters. The van der Waals surface area contributed by atoms with Gasteiger partial charge in [0.1, 0.15) is 5.82 Å². The van der Waals surface area contributed by atoms with Crippen LogP contribution in [0.4, 0.5) is 4.39 Å². The Kier molecular flexibility index (Phi) is 2.77. The van der Waals surface area contributed by atoms with Crippen molar-refractivity contribution < 1.29 is 13.9 Å². The van der Waals surface area contributed by atoms with Gasteiger partial charge in [0.2, 0.25) is 0 Å². The van der Waals surface area contributed by atoms with Crippen molar-refractivity contribution in [1.29, 1.82) is 0 Å².